The van der Waals surface area contributed by atoms with E-state index in [2.05, 4.69) is 29.6 Å². The lowest BCUT2D eigenvalue weighted by Crippen LogP contribution is -2.41. The van der Waals surface area contributed by atoms with Crippen molar-refractivity contribution in [2.45, 2.75) is 45.2 Å². The number of anilines is 3. The molecule has 2 aliphatic rings. The number of fused-ring (bicyclic) bond motifs is 1. The van der Waals surface area contributed by atoms with Gasteiger partial charge in [0.2, 0.25) is 11.9 Å². The number of morpholine rings is 1. The molecule has 10 heteroatoms. The van der Waals surface area contributed by atoms with Gasteiger partial charge in [-0.15, -0.1) is 0 Å². The fourth-order valence-electron chi connectivity index (χ4n) is 4.27. The number of aromatic nitrogens is 4. The molecule has 34 heavy (non-hydrogen) atoms. The topological polar surface area (TPSA) is 106 Å². The van der Waals surface area contributed by atoms with Gasteiger partial charge in [-0.2, -0.15) is 19.6 Å². The van der Waals surface area contributed by atoms with Gasteiger partial charge in [0.25, 0.3) is 5.91 Å². The van der Waals surface area contributed by atoms with E-state index in [0.717, 1.165) is 48.5 Å². The summed E-state index contributed by atoms with van der Waals surface area (Å²) in [5.74, 6) is 1.53. The molecule has 0 spiro atoms. The Balaban J connectivity index is 1.35. The first kappa shape index (κ1) is 22.5. The normalized spacial score (nSPS) is 17.5. The molecule has 0 bridgehead atoms. The lowest BCUT2D eigenvalue weighted by Gasteiger charge is -2.27. The zero-order chi connectivity index (χ0) is 23.5. The summed E-state index contributed by atoms with van der Waals surface area (Å²) in [5.41, 5.74) is 3.85. The van der Waals surface area contributed by atoms with Gasteiger partial charge in [-0.05, 0) is 36.5 Å². The van der Waals surface area contributed by atoms with E-state index >= 15 is 0 Å². The van der Waals surface area contributed by atoms with Crippen molar-refractivity contribution >= 4 is 29.1 Å². The molecule has 2 aliphatic heterocycles. The highest BCUT2D eigenvalue weighted by atomic mass is 16.5. The maximum absolute atomic E-state index is 12.1. The number of hydrogen-bond acceptors (Lipinski definition) is 8. The van der Waals surface area contributed by atoms with Crippen LogP contribution in [-0.4, -0.2) is 64.5 Å². The summed E-state index contributed by atoms with van der Waals surface area (Å²) in [6.45, 7) is 7.62. The summed E-state index contributed by atoms with van der Waals surface area (Å²) in [6.07, 6.45) is 3.74. The molecular formula is C24H31N7O3. The van der Waals surface area contributed by atoms with Crippen molar-refractivity contribution in [1.29, 1.82) is 0 Å². The molecule has 2 N–H and O–H groups in total. The SMILES string of the molecule is CC(C)c1cnn2c(NCc3ccc(N4CCOCC4=O)cc3)nc(NC3CCOCC3)nc12. The van der Waals surface area contributed by atoms with Crippen LogP contribution in [0.3, 0.4) is 0 Å². The first-order valence-electron chi connectivity index (χ1n) is 11.9. The number of carbonyl (C=O) groups is 1. The third-order valence-electron chi connectivity index (χ3n) is 6.26. The summed E-state index contributed by atoms with van der Waals surface area (Å²) in [6, 6.07) is 8.28. The Morgan fingerprint density at radius 2 is 1.88 bits per heavy atom. The van der Waals surface area contributed by atoms with E-state index in [4.69, 9.17) is 19.4 Å². The molecule has 0 aliphatic carbocycles. The Kier molecular flexibility index (Phi) is 6.59. The van der Waals surface area contributed by atoms with Gasteiger partial charge in [-0.25, -0.2) is 0 Å². The van der Waals surface area contributed by atoms with Crippen LogP contribution in [0.5, 0.6) is 0 Å². The molecule has 1 aromatic carbocycles. The molecule has 2 fully saturated rings. The molecule has 0 saturated carbocycles. The Bertz CT molecular complexity index is 1140. The van der Waals surface area contributed by atoms with Crippen molar-refractivity contribution in [3.8, 4) is 0 Å². The smallest absolute Gasteiger partial charge is 0.253 e. The molecular weight excluding hydrogens is 434 g/mol. The van der Waals surface area contributed by atoms with E-state index in [0.29, 0.717) is 43.6 Å². The fraction of sp³-hybridized carbons (Fsp3) is 0.500. The minimum atomic E-state index is -0.00954. The van der Waals surface area contributed by atoms with Gasteiger partial charge in [-0.1, -0.05) is 26.0 Å². The molecule has 4 heterocycles. The minimum Gasteiger partial charge on any atom is -0.381 e. The third-order valence-corrected chi connectivity index (χ3v) is 6.26. The van der Waals surface area contributed by atoms with E-state index in [9.17, 15) is 4.79 Å². The third kappa shape index (κ3) is 4.83. The van der Waals surface area contributed by atoms with Crippen LogP contribution in [0.1, 0.15) is 43.7 Å². The fourth-order valence-corrected chi connectivity index (χ4v) is 4.27. The van der Waals surface area contributed by atoms with Gasteiger partial charge in [0.1, 0.15) is 6.61 Å². The summed E-state index contributed by atoms with van der Waals surface area (Å²) in [4.78, 5) is 23.4. The largest absolute Gasteiger partial charge is 0.381 e. The highest BCUT2D eigenvalue weighted by Crippen LogP contribution is 2.24. The van der Waals surface area contributed by atoms with Crippen LogP contribution in [0.15, 0.2) is 30.5 Å². The first-order chi connectivity index (χ1) is 16.6. The number of nitrogens with zero attached hydrogens (tertiary/aromatic N) is 5. The van der Waals surface area contributed by atoms with Crippen LogP contribution in [0.25, 0.3) is 5.65 Å². The Morgan fingerprint density at radius 1 is 1.09 bits per heavy atom. The molecule has 2 aromatic heterocycles. The zero-order valence-electron chi connectivity index (χ0n) is 19.7. The van der Waals surface area contributed by atoms with E-state index < -0.39 is 0 Å². The summed E-state index contributed by atoms with van der Waals surface area (Å²) in [5, 5.41) is 11.5. The average Bonchev–Trinajstić information content (AvgIpc) is 3.28. The van der Waals surface area contributed by atoms with Crippen LogP contribution in [0, 0.1) is 0 Å². The lowest BCUT2D eigenvalue weighted by atomic mass is 10.1. The Hall–Kier alpha value is -3.24. The van der Waals surface area contributed by atoms with Crippen LogP contribution < -0.4 is 15.5 Å². The number of nitrogens with one attached hydrogen (secondary N) is 2. The van der Waals surface area contributed by atoms with Crippen LogP contribution >= 0.6 is 0 Å². The predicted octanol–water partition coefficient (Wildman–Crippen LogP) is 2.81. The van der Waals surface area contributed by atoms with Crippen molar-refractivity contribution in [2.75, 3.05) is 48.5 Å². The highest BCUT2D eigenvalue weighted by molar-refractivity contribution is 5.94. The van der Waals surface area contributed by atoms with Crippen molar-refractivity contribution in [3.63, 3.8) is 0 Å². The van der Waals surface area contributed by atoms with Crippen LogP contribution in [0.4, 0.5) is 17.6 Å². The van der Waals surface area contributed by atoms with Crippen LogP contribution in [0.2, 0.25) is 0 Å². The maximum Gasteiger partial charge on any atom is 0.253 e. The van der Waals surface area contributed by atoms with Gasteiger partial charge in [0, 0.05) is 43.6 Å². The standard InChI is InChI=1S/C24H31N7O3/c1-16(2)20-14-26-31-22(20)28-23(27-18-7-10-33-11-8-18)29-24(31)25-13-17-3-5-19(6-4-17)30-9-12-34-15-21(30)32/h3-6,14,16,18H,7-13,15H2,1-2H3,(H2,25,27,28,29). The molecule has 1 amide bonds. The molecule has 0 unspecified atom stereocenters. The monoisotopic (exact) mass is 465 g/mol. The molecule has 5 rings (SSSR count). The number of benzene rings is 1. The van der Waals surface area contributed by atoms with Crippen molar-refractivity contribution in [1.82, 2.24) is 19.6 Å². The van der Waals surface area contributed by atoms with Gasteiger partial charge in [0.15, 0.2) is 5.65 Å². The van der Waals surface area contributed by atoms with Crippen LogP contribution in [-0.2, 0) is 20.8 Å². The number of hydrogen-bond donors (Lipinski definition) is 2. The van der Waals surface area contributed by atoms with E-state index in [1.807, 2.05) is 30.5 Å². The highest BCUT2D eigenvalue weighted by Gasteiger charge is 2.21. The van der Waals surface area contributed by atoms with Gasteiger partial charge in [-0.3, -0.25) is 4.79 Å². The summed E-state index contributed by atoms with van der Waals surface area (Å²) in [7, 11) is 0. The predicted molar refractivity (Wildman–Crippen MR) is 129 cm³/mol. The maximum atomic E-state index is 12.1. The molecule has 10 nitrogen and oxygen atoms in total. The van der Waals surface area contributed by atoms with Crippen molar-refractivity contribution in [3.05, 3.63) is 41.6 Å². The number of rotatable bonds is 7. The Morgan fingerprint density at radius 3 is 2.62 bits per heavy atom. The summed E-state index contributed by atoms with van der Waals surface area (Å²) < 4.78 is 12.5. The van der Waals surface area contributed by atoms with Gasteiger partial charge in [0.05, 0.1) is 12.8 Å². The molecule has 0 radical (unpaired) electrons. The summed E-state index contributed by atoms with van der Waals surface area (Å²) >= 11 is 0. The lowest BCUT2D eigenvalue weighted by molar-refractivity contribution is -0.125. The number of ether oxygens (including phenoxy) is 2. The first-order valence-corrected chi connectivity index (χ1v) is 11.9. The molecule has 180 valence electrons. The van der Waals surface area contributed by atoms with Gasteiger partial charge >= 0.3 is 0 Å². The Labute approximate surface area is 198 Å². The average molecular weight is 466 g/mol. The molecule has 2 saturated heterocycles. The van der Waals surface area contributed by atoms with E-state index in [1.54, 1.807) is 9.42 Å². The van der Waals surface area contributed by atoms with Crippen molar-refractivity contribution < 1.29 is 14.3 Å². The van der Waals surface area contributed by atoms with E-state index in [-0.39, 0.29) is 12.5 Å². The second-order valence-corrected chi connectivity index (χ2v) is 9.01. The quantitative estimate of drug-likeness (QED) is 0.549. The second kappa shape index (κ2) is 9.94. The molecule has 3 aromatic rings. The minimum absolute atomic E-state index is 0.00954. The number of carbonyl (C=O) groups excluding carboxylic acids is 1. The van der Waals surface area contributed by atoms with E-state index in [1.165, 1.54) is 0 Å². The second-order valence-electron chi connectivity index (χ2n) is 9.01. The number of amides is 1. The van der Waals surface area contributed by atoms with Gasteiger partial charge < -0.3 is 25.0 Å². The zero-order valence-corrected chi connectivity index (χ0v) is 19.7. The van der Waals surface area contributed by atoms with Crippen molar-refractivity contribution in [2.24, 2.45) is 0 Å². The molecule has 0 atom stereocenters.